The smallest absolute Gasteiger partial charge is 0.257 e. The minimum atomic E-state index is -0.117. The van der Waals surface area contributed by atoms with Gasteiger partial charge in [0.2, 0.25) is 0 Å². The lowest BCUT2D eigenvalue weighted by atomic mass is 9.48. The molecule has 1 amide bonds. The molecule has 0 saturated heterocycles. The Morgan fingerprint density at radius 2 is 1.78 bits per heavy atom. The minimum Gasteiger partial charge on any atom is -0.497 e. The molecule has 4 bridgehead atoms. The van der Waals surface area contributed by atoms with Crippen molar-refractivity contribution in [2.24, 2.45) is 23.2 Å². The van der Waals surface area contributed by atoms with E-state index in [1.54, 1.807) is 42.7 Å². The molecule has 0 aliphatic heterocycles. The number of benzene rings is 1. The van der Waals surface area contributed by atoms with Gasteiger partial charge in [-0.05, 0) is 92.4 Å². The van der Waals surface area contributed by atoms with Gasteiger partial charge in [0.05, 0.1) is 12.8 Å². The predicted octanol–water partition coefficient (Wildman–Crippen LogP) is 5.16. The van der Waals surface area contributed by atoms with Crippen molar-refractivity contribution >= 4 is 22.4 Å². The van der Waals surface area contributed by atoms with Gasteiger partial charge in [0.25, 0.3) is 5.91 Å². The largest absolute Gasteiger partial charge is 0.497 e. The van der Waals surface area contributed by atoms with Crippen LogP contribution in [-0.4, -0.2) is 18.0 Å². The number of ether oxygens (including phenoxy) is 1. The summed E-state index contributed by atoms with van der Waals surface area (Å²) in [6, 6.07) is 7.15. The Bertz CT molecular complexity index is 807. The SMILES string of the molecule is COc1ccc(C(=O)Nc2nc(CC34CC5CC(CC(C5)C3)C4)cs2)cc1. The highest BCUT2D eigenvalue weighted by atomic mass is 32.1. The number of amides is 1. The average molecular weight is 383 g/mol. The van der Waals surface area contributed by atoms with Crippen LogP contribution in [0.15, 0.2) is 29.6 Å². The van der Waals surface area contributed by atoms with Crippen LogP contribution < -0.4 is 10.1 Å². The van der Waals surface area contributed by atoms with E-state index < -0.39 is 0 Å². The average Bonchev–Trinajstić information content (AvgIpc) is 3.06. The lowest BCUT2D eigenvalue weighted by Crippen LogP contribution is -2.47. The Hall–Kier alpha value is -1.88. The molecule has 0 radical (unpaired) electrons. The van der Waals surface area contributed by atoms with E-state index in [0.29, 0.717) is 16.1 Å². The van der Waals surface area contributed by atoms with Crippen LogP contribution in [-0.2, 0) is 6.42 Å². The topological polar surface area (TPSA) is 51.2 Å². The molecule has 5 heteroatoms. The molecule has 4 aliphatic rings. The van der Waals surface area contributed by atoms with Gasteiger partial charge in [-0.15, -0.1) is 11.3 Å². The zero-order valence-corrected chi connectivity index (χ0v) is 16.6. The quantitative estimate of drug-likeness (QED) is 0.777. The summed E-state index contributed by atoms with van der Waals surface area (Å²) < 4.78 is 5.14. The van der Waals surface area contributed by atoms with Crippen molar-refractivity contribution < 1.29 is 9.53 Å². The number of nitrogens with one attached hydrogen (secondary N) is 1. The molecule has 142 valence electrons. The molecule has 27 heavy (non-hydrogen) atoms. The zero-order valence-electron chi connectivity index (χ0n) is 15.7. The molecule has 1 heterocycles. The Kier molecular flexibility index (Phi) is 4.23. The van der Waals surface area contributed by atoms with Gasteiger partial charge in [-0.1, -0.05) is 0 Å². The van der Waals surface area contributed by atoms with Crippen LogP contribution in [0.3, 0.4) is 0 Å². The first-order valence-electron chi connectivity index (χ1n) is 10.0. The summed E-state index contributed by atoms with van der Waals surface area (Å²) in [5, 5.41) is 5.80. The summed E-state index contributed by atoms with van der Waals surface area (Å²) in [4.78, 5) is 17.2. The highest BCUT2D eigenvalue weighted by Gasteiger charge is 2.50. The number of carbonyl (C=O) groups is 1. The van der Waals surface area contributed by atoms with Gasteiger partial charge in [0.15, 0.2) is 5.13 Å². The fourth-order valence-electron chi connectivity index (χ4n) is 6.25. The van der Waals surface area contributed by atoms with Crippen LogP contribution in [0.1, 0.15) is 54.6 Å². The summed E-state index contributed by atoms with van der Waals surface area (Å²) in [5.74, 6) is 3.52. The van der Waals surface area contributed by atoms with Crippen LogP contribution in [0.5, 0.6) is 5.75 Å². The number of methoxy groups -OCH3 is 1. The van der Waals surface area contributed by atoms with Gasteiger partial charge in [-0.2, -0.15) is 0 Å². The van der Waals surface area contributed by atoms with E-state index in [2.05, 4.69) is 10.7 Å². The molecule has 4 fully saturated rings. The summed E-state index contributed by atoms with van der Waals surface area (Å²) in [7, 11) is 1.62. The number of rotatable bonds is 5. The van der Waals surface area contributed by atoms with Gasteiger partial charge in [-0.3, -0.25) is 10.1 Å². The van der Waals surface area contributed by atoms with Crippen molar-refractivity contribution in [3.63, 3.8) is 0 Å². The van der Waals surface area contributed by atoms with E-state index in [0.717, 1.165) is 35.6 Å². The standard InChI is InChI=1S/C22H26N2O2S/c1-26-19-4-2-17(3-5-19)20(25)24-21-23-18(13-27-21)12-22-9-14-6-15(10-22)8-16(7-14)11-22/h2-5,13-16H,6-12H2,1H3,(H,23,24,25). The Balaban J connectivity index is 1.25. The van der Waals surface area contributed by atoms with E-state index in [4.69, 9.17) is 9.72 Å². The maximum atomic E-state index is 12.4. The van der Waals surface area contributed by atoms with Crippen LogP contribution in [0.2, 0.25) is 0 Å². The highest BCUT2D eigenvalue weighted by Crippen LogP contribution is 2.61. The summed E-state index contributed by atoms with van der Waals surface area (Å²) in [5.41, 5.74) is 2.26. The summed E-state index contributed by atoms with van der Waals surface area (Å²) >= 11 is 1.54. The fraction of sp³-hybridized carbons (Fsp3) is 0.545. The molecule has 0 spiro atoms. The highest BCUT2D eigenvalue weighted by molar-refractivity contribution is 7.14. The normalized spacial score (nSPS) is 31.1. The van der Waals surface area contributed by atoms with E-state index in [1.165, 1.54) is 38.5 Å². The third-order valence-electron chi connectivity index (χ3n) is 6.85. The van der Waals surface area contributed by atoms with Gasteiger partial charge in [-0.25, -0.2) is 4.98 Å². The van der Waals surface area contributed by atoms with Crippen LogP contribution in [0.4, 0.5) is 5.13 Å². The maximum Gasteiger partial charge on any atom is 0.257 e. The molecule has 1 aromatic heterocycles. The molecule has 0 atom stereocenters. The number of anilines is 1. The second-order valence-corrected chi connectivity index (χ2v) is 9.78. The molecule has 4 aliphatic carbocycles. The zero-order chi connectivity index (χ0) is 18.4. The van der Waals surface area contributed by atoms with Crippen LogP contribution in [0, 0.1) is 23.2 Å². The molecule has 2 aromatic rings. The van der Waals surface area contributed by atoms with E-state index in [1.807, 2.05) is 0 Å². The fourth-order valence-corrected chi connectivity index (χ4v) is 6.95. The number of nitrogens with zero attached hydrogens (tertiary/aromatic N) is 1. The molecular weight excluding hydrogens is 356 g/mol. The van der Waals surface area contributed by atoms with Gasteiger partial charge < -0.3 is 4.74 Å². The monoisotopic (exact) mass is 382 g/mol. The lowest BCUT2D eigenvalue weighted by molar-refractivity contribution is -0.0525. The summed E-state index contributed by atoms with van der Waals surface area (Å²) in [6.45, 7) is 0. The third-order valence-corrected chi connectivity index (χ3v) is 7.65. The molecule has 6 rings (SSSR count). The van der Waals surface area contributed by atoms with Crippen LogP contribution >= 0.6 is 11.3 Å². The Labute approximate surface area is 164 Å². The number of carbonyl (C=O) groups excluding carboxylic acids is 1. The van der Waals surface area contributed by atoms with Crippen molar-refractivity contribution in [2.75, 3.05) is 12.4 Å². The lowest BCUT2D eigenvalue weighted by Gasteiger charge is -2.56. The van der Waals surface area contributed by atoms with E-state index in [9.17, 15) is 4.79 Å². The molecule has 4 nitrogen and oxygen atoms in total. The third kappa shape index (κ3) is 3.38. The molecule has 0 unspecified atom stereocenters. The van der Waals surface area contributed by atoms with E-state index in [-0.39, 0.29) is 5.91 Å². The van der Waals surface area contributed by atoms with Crippen molar-refractivity contribution in [3.05, 3.63) is 40.9 Å². The van der Waals surface area contributed by atoms with Crippen LogP contribution in [0.25, 0.3) is 0 Å². The molecule has 1 aromatic carbocycles. The number of thiazole rings is 1. The second-order valence-electron chi connectivity index (χ2n) is 8.92. The van der Waals surface area contributed by atoms with Gasteiger partial charge in [0.1, 0.15) is 5.75 Å². The summed E-state index contributed by atoms with van der Waals surface area (Å²) in [6.07, 6.45) is 9.68. The van der Waals surface area contributed by atoms with E-state index >= 15 is 0 Å². The van der Waals surface area contributed by atoms with Crippen molar-refractivity contribution in [2.45, 2.75) is 44.9 Å². The molecular formula is C22H26N2O2S. The van der Waals surface area contributed by atoms with Gasteiger partial charge >= 0.3 is 0 Å². The van der Waals surface area contributed by atoms with Gasteiger partial charge in [0, 0.05) is 10.9 Å². The Morgan fingerprint density at radius 1 is 1.15 bits per heavy atom. The number of aromatic nitrogens is 1. The van der Waals surface area contributed by atoms with Crippen molar-refractivity contribution in [1.82, 2.24) is 4.98 Å². The first-order chi connectivity index (χ1) is 13.1. The Morgan fingerprint density at radius 3 is 2.37 bits per heavy atom. The predicted molar refractivity (Wildman–Crippen MR) is 107 cm³/mol. The first-order valence-corrected chi connectivity index (χ1v) is 10.9. The van der Waals surface area contributed by atoms with Crippen molar-refractivity contribution in [3.8, 4) is 5.75 Å². The maximum absolute atomic E-state index is 12.4. The minimum absolute atomic E-state index is 0.117. The molecule has 4 saturated carbocycles. The van der Waals surface area contributed by atoms with Crippen molar-refractivity contribution in [1.29, 1.82) is 0 Å². The number of hydrogen-bond donors (Lipinski definition) is 1. The second kappa shape index (κ2) is 6.62. The first kappa shape index (κ1) is 17.2. The molecule has 1 N–H and O–H groups in total. The number of hydrogen-bond acceptors (Lipinski definition) is 4.